The molecule has 1 unspecified atom stereocenters. The number of rotatable bonds is 3. The first-order valence-corrected chi connectivity index (χ1v) is 5.66. The maximum absolute atomic E-state index is 13.7. The predicted octanol–water partition coefficient (Wildman–Crippen LogP) is 2.25. The highest BCUT2D eigenvalue weighted by atomic mass is 19.1. The summed E-state index contributed by atoms with van der Waals surface area (Å²) in [5, 5.41) is 0. The molecule has 0 bridgehead atoms. The molecule has 2 aromatic rings. The number of aromatic nitrogens is 2. The van der Waals surface area contributed by atoms with Gasteiger partial charge in [0.25, 0.3) is 0 Å². The van der Waals surface area contributed by atoms with Gasteiger partial charge in [-0.25, -0.2) is 13.8 Å². The van der Waals surface area contributed by atoms with Crippen molar-refractivity contribution in [3.8, 4) is 0 Å². The fourth-order valence-corrected chi connectivity index (χ4v) is 1.86. The highest BCUT2D eigenvalue weighted by Crippen LogP contribution is 2.21. The Kier molecular flexibility index (Phi) is 3.43. The smallest absolute Gasteiger partial charge is 0.130 e. The van der Waals surface area contributed by atoms with Gasteiger partial charge in [-0.15, -0.1) is 0 Å². The number of nitrogens with zero attached hydrogens (tertiary/aromatic N) is 2. The van der Waals surface area contributed by atoms with Crippen molar-refractivity contribution in [1.29, 1.82) is 0 Å². The van der Waals surface area contributed by atoms with Crippen molar-refractivity contribution in [2.75, 3.05) is 0 Å². The maximum Gasteiger partial charge on any atom is 0.130 e. The number of imidazole rings is 1. The van der Waals surface area contributed by atoms with Crippen LogP contribution >= 0.6 is 0 Å². The van der Waals surface area contributed by atoms with Crippen molar-refractivity contribution in [2.45, 2.75) is 19.4 Å². The summed E-state index contributed by atoms with van der Waals surface area (Å²) in [5.74, 6) is -0.399. The molecule has 3 nitrogen and oxygen atoms in total. The van der Waals surface area contributed by atoms with Crippen molar-refractivity contribution in [3.05, 3.63) is 53.1 Å². The van der Waals surface area contributed by atoms with Crippen LogP contribution in [0.15, 0.2) is 24.5 Å². The van der Waals surface area contributed by atoms with E-state index >= 15 is 0 Å². The summed E-state index contributed by atoms with van der Waals surface area (Å²) in [6, 6.07) is 1.80. The van der Waals surface area contributed by atoms with E-state index < -0.39 is 17.7 Å². The molecule has 1 atom stereocenters. The Hall–Kier alpha value is -1.75. The fraction of sp³-hybridized carbons (Fsp3) is 0.308. The lowest BCUT2D eigenvalue weighted by Crippen LogP contribution is -2.17. The Morgan fingerprint density at radius 2 is 2.06 bits per heavy atom. The SMILES string of the molecule is Cc1cc(C(N)Cc2nccn2C)c(F)cc1F. The third-order valence-electron chi connectivity index (χ3n) is 3.00. The number of halogens is 2. The molecule has 0 aliphatic carbocycles. The molecule has 2 rings (SSSR count). The summed E-state index contributed by atoms with van der Waals surface area (Å²) < 4.78 is 28.7. The van der Waals surface area contributed by atoms with Crippen molar-refractivity contribution >= 4 is 0 Å². The molecule has 5 heteroatoms. The lowest BCUT2D eigenvalue weighted by atomic mass is 10.0. The molecule has 0 saturated carbocycles. The number of benzene rings is 1. The minimum atomic E-state index is -0.611. The van der Waals surface area contributed by atoms with Crippen molar-refractivity contribution < 1.29 is 8.78 Å². The molecule has 0 fully saturated rings. The summed E-state index contributed by atoms with van der Waals surface area (Å²) in [5.41, 5.74) is 6.67. The minimum absolute atomic E-state index is 0.317. The van der Waals surface area contributed by atoms with E-state index in [1.165, 1.54) is 6.07 Å². The van der Waals surface area contributed by atoms with Gasteiger partial charge in [0.1, 0.15) is 17.5 Å². The molecular formula is C13H15F2N3. The van der Waals surface area contributed by atoms with Gasteiger partial charge in [-0.05, 0) is 18.6 Å². The van der Waals surface area contributed by atoms with Gasteiger partial charge in [-0.1, -0.05) is 0 Å². The molecule has 0 saturated heterocycles. The quantitative estimate of drug-likeness (QED) is 0.909. The van der Waals surface area contributed by atoms with Gasteiger partial charge in [0, 0.05) is 43.5 Å². The van der Waals surface area contributed by atoms with Gasteiger partial charge in [-0.3, -0.25) is 0 Å². The average molecular weight is 251 g/mol. The van der Waals surface area contributed by atoms with Crippen LogP contribution in [0.25, 0.3) is 0 Å². The normalized spacial score (nSPS) is 12.7. The molecule has 0 spiro atoms. The Morgan fingerprint density at radius 3 is 2.67 bits per heavy atom. The topological polar surface area (TPSA) is 43.8 Å². The van der Waals surface area contributed by atoms with E-state index in [2.05, 4.69) is 4.98 Å². The van der Waals surface area contributed by atoms with E-state index in [0.717, 1.165) is 11.9 Å². The van der Waals surface area contributed by atoms with Gasteiger partial charge >= 0.3 is 0 Å². The lowest BCUT2D eigenvalue weighted by Gasteiger charge is -2.14. The molecule has 0 amide bonds. The number of hydrogen-bond acceptors (Lipinski definition) is 2. The number of aryl methyl sites for hydroxylation is 2. The van der Waals surface area contributed by atoms with Gasteiger partial charge in [-0.2, -0.15) is 0 Å². The summed E-state index contributed by atoms with van der Waals surface area (Å²) in [6.45, 7) is 1.59. The maximum atomic E-state index is 13.7. The Balaban J connectivity index is 2.26. The molecule has 0 radical (unpaired) electrons. The van der Waals surface area contributed by atoms with Crippen molar-refractivity contribution in [3.63, 3.8) is 0 Å². The van der Waals surface area contributed by atoms with Gasteiger partial charge in [0.2, 0.25) is 0 Å². The summed E-state index contributed by atoms with van der Waals surface area (Å²) >= 11 is 0. The van der Waals surface area contributed by atoms with Crippen LogP contribution in [0.5, 0.6) is 0 Å². The zero-order valence-electron chi connectivity index (χ0n) is 10.3. The highest BCUT2D eigenvalue weighted by molar-refractivity contribution is 5.28. The highest BCUT2D eigenvalue weighted by Gasteiger charge is 2.16. The van der Waals surface area contributed by atoms with Crippen LogP contribution < -0.4 is 5.73 Å². The Labute approximate surface area is 104 Å². The number of nitrogens with two attached hydrogens (primary N) is 1. The molecule has 1 aromatic heterocycles. The largest absolute Gasteiger partial charge is 0.338 e. The van der Waals surface area contributed by atoms with Crippen molar-refractivity contribution in [2.24, 2.45) is 12.8 Å². The fourth-order valence-electron chi connectivity index (χ4n) is 1.86. The summed E-state index contributed by atoms with van der Waals surface area (Å²) in [6.07, 6.45) is 3.87. The second-order valence-corrected chi connectivity index (χ2v) is 4.39. The van der Waals surface area contributed by atoms with Crippen molar-refractivity contribution in [1.82, 2.24) is 9.55 Å². The zero-order chi connectivity index (χ0) is 13.3. The van der Waals surface area contributed by atoms with Gasteiger partial charge in [0.05, 0.1) is 0 Å². The summed E-state index contributed by atoms with van der Waals surface area (Å²) in [7, 11) is 1.85. The van der Waals surface area contributed by atoms with E-state index in [1.54, 1.807) is 19.3 Å². The van der Waals surface area contributed by atoms with E-state index in [9.17, 15) is 8.78 Å². The Morgan fingerprint density at radius 1 is 1.33 bits per heavy atom. The second kappa shape index (κ2) is 4.86. The summed E-state index contributed by atoms with van der Waals surface area (Å²) in [4.78, 5) is 4.14. The first-order valence-electron chi connectivity index (χ1n) is 5.66. The zero-order valence-corrected chi connectivity index (χ0v) is 10.3. The van der Waals surface area contributed by atoms with Crippen LogP contribution in [0.2, 0.25) is 0 Å². The third-order valence-corrected chi connectivity index (χ3v) is 3.00. The third kappa shape index (κ3) is 2.41. The average Bonchev–Trinajstić information content (AvgIpc) is 2.69. The monoisotopic (exact) mass is 251 g/mol. The molecule has 0 aliphatic heterocycles. The molecule has 2 N–H and O–H groups in total. The van der Waals surface area contributed by atoms with E-state index in [1.807, 2.05) is 11.6 Å². The number of hydrogen-bond donors (Lipinski definition) is 1. The molecule has 96 valence electrons. The van der Waals surface area contributed by atoms with Crippen LogP contribution in [0, 0.1) is 18.6 Å². The first kappa shape index (κ1) is 12.7. The van der Waals surface area contributed by atoms with E-state index in [0.29, 0.717) is 17.5 Å². The molecule has 18 heavy (non-hydrogen) atoms. The standard InChI is InChI=1S/C13H15F2N3/c1-8-5-9(11(15)6-10(8)14)12(16)7-13-17-3-4-18(13)2/h3-6,12H,7,16H2,1-2H3. The van der Waals surface area contributed by atoms with Gasteiger partial charge in [0.15, 0.2) is 0 Å². The Bertz CT molecular complexity index is 563. The van der Waals surface area contributed by atoms with Crippen LogP contribution in [0.1, 0.15) is 23.0 Å². The van der Waals surface area contributed by atoms with Crippen LogP contribution in [0.3, 0.4) is 0 Å². The molecule has 1 heterocycles. The molecule has 0 aliphatic rings. The van der Waals surface area contributed by atoms with Crippen LogP contribution in [-0.4, -0.2) is 9.55 Å². The molecule has 1 aromatic carbocycles. The lowest BCUT2D eigenvalue weighted by molar-refractivity contribution is 0.544. The van der Waals surface area contributed by atoms with E-state index in [-0.39, 0.29) is 0 Å². The molecular weight excluding hydrogens is 236 g/mol. The predicted molar refractivity (Wildman–Crippen MR) is 64.9 cm³/mol. The second-order valence-electron chi connectivity index (χ2n) is 4.39. The van der Waals surface area contributed by atoms with Crippen LogP contribution in [0.4, 0.5) is 8.78 Å². The van der Waals surface area contributed by atoms with E-state index in [4.69, 9.17) is 5.73 Å². The first-order chi connectivity index (χ1) is 8.49. The minimum Gasteiger partial charge on any atom is -0.338 e. The van der Waals surface area contributed by atoms with Crippen LogP contribution in [-0.2, 0) is 13.5 Å². The van der Waals surface area contributed by atoms with Gasteiger partial charge < -0.3 is 10.3 Å².